The van der Waals surface area contributed by atoms with Crippen molar-refractivity contribution in [3.8, 4) is 0 Å². The molecule has 0 saturated heterocycles. The van der Waals surface area contributed by atoms with Crippen LogP contribution in [0.5, 0.6) is 0 Å². The number of carbonyl (C=O) groups is 2. The van der Waals surface area contributed by atoms with Crippen LogP contribution in [0.4, 0.5) is 5.69 Å². The van der Waals surface area contributed by atoms with E-state index in [2.05, 4.69) is 5.10 Å². The fraction of sp³-hybridized carbons (Fsp3) is 0.471. The number of esters is 1. The molecule has 1 amide bonds. The van der Waals surface area contributed by atoms with Crippen molar-refractivity contribution in [3.63, 3.8) is 0 Å². The zero-order valence-corrected chi connectivity index (χ0v) is 15.7. The van der Waals surface area contributed by atoms with E-state index in [0.717, 1.165) is 22.4 Å². The first-order chi connectivity index (χ1) is 10.7. The minimum Gasteiger partial charge on any atom is -0.461 e. The summed E-state index contributed by atoms with van der Waals surface area (Å²) in [5.74, 6) is -0.677. The van der Waals surface area contributed by atoms with Gasteiger partial charge < -0.3 is 4.74 Å². The molecule has 1 atom stereocenters. The highest BCUT2D eigenvalue weighted by molar-refractivity contribution is 8.15. The molecule has 0 aliphatic rings. The molecule has 23 heavy (non-hydrogen) atoms. The number of quaternary nitrogens is 1. The lowest BCUT2D eigenvalue weighted by Crippen LogP contribution is -2.46. The number of hydrogen-bond acceptors (Lipinski definition) is 5. The normalized spacial score (nSPS) is 14.3. The molecule has 0 aromatic heterocycles. The van der Waals surface area contributed by atoms with Crippen LogP contribution >= 0.6 is 11.8 Å². The molecule has 126 valence electrons. The summed E-state index contributed by atoms with van der Waals surface area (Å²) in [6.07, 6.45) is 1.75. The smallest absolute Gasteiger partial charge is 0.369 e. The van der Waals surface area contributed by atoms with Crippen molar-refractivity contribution in [2.24, 2.45) is 5.10 Å². The van der Waals surface area contributed by atoms with Gasteiger partial charge in [0.1, 0.15) is 7.05 Å². The van der Waals surface area contributed by atoms with Crippen LogP contribution < -0.4 is 4.59 Å². The molecule has 1 aromatic rings. The average molecular weight is 337 g/mol. The Labute approximate surface area is 142 Å². The van der Waals surface area contributed by atoms with Crippen LogP contribution in [0.3, 0.4) is 0 Å². The third-order valence-electron chi connectivity index (χ3n) is 3.62. The fourth-order valence-corrected chi connectivity index (χ4v) is 3.15. The molecule has 0 bridgehead atoms. The molecule has 0 saturated carbocycles. The van der Waals surface area contributed by atoms with Gasteiger partial charge in [0.25, 0.3) is 0 Å². The van der Waals surface area contributed by atoms with Gasteiger partial charge in [0.05, 0.1) is 13.5 Å². The van der Waals surface area contributed by atoms with Gasteiger partial charge in [-0.05, 0) is 34.0 Å². The second-order valence-electron chi connectivity index (χ2n) is 5.56. The first kappa shape index (κ1) is 19.4. The minimum atomic E-state index is -0.506. The van der Waals surface area contributed by atoms with Gasteiger partial charge in [0.2, 0.25) is 5.04 Å². The second-order valence-corrected chi connectivity index (χ2v) is 6.35. The standard InChI is InChI=1S/C17H25N2O3S/c1-8-22-17(21)16(23-7)18-19(6,14(5)20)15-12(3)9-11(2)10-13(15)4/h9-10H,8H2,1-7H3/q+1. The Balaban J connectivity index is 3.56. The second kappa shape index (κ2) is 7.75. The van der Waals surface area contributed by atoms with Crippen molar-refractivity contribution in [2.75, 3.05) is 19.9 Å². The van der Waals surface area contributed by atoms with Crippen LogP contribution in [-0.4, -0.2) is 36.8 Å². The molecule has 1 aromatic carbocycles. The van der Waals surface area contributed by atoms with Gasteiger partial charge in [-0.2, -0.15) is 0 Å². The van der Waals surface area contributed by atoms with E-state index in [1.807, 2.05) is 32.9 Å². The molecule has 0 heterocycles. The molecule has 0 aliphatic carbocycles. The quantitative estimate of drug-likeness (QED) is 0.279. The third-order valence-corrected chi connectivity index (χ3v) is 4.25. The number of thioether (sulfide) groups is 1. The van der Waals surface area contributed by atoms with Crippen LogP contribution in [0.2, 0.25) is 0 Å². The molecule has 0 fully saturated rings. The van der Waals surface area contributed by atoms with Crippen LogP contribution in [-0.2, 0) is 14.3 Å². The van der Waals surface area contributed by atoms with Gasteiger partial charge in [-0.3, -0.25) is 0 Å². The van der Waals surface area contributed by atoms with Crippen LogP contribution in [0.1, 0.15) is 30.5 Å². The van der Waals surface area contributed by atoms with Crippen molar-refractivity contribution in [1.29, 1.82) is 0 Å². The Morgan fingerprint density at radius 2 is 1.74 bits per heavy atom. The summed E-state index contributed by atoms with van der Waals surface area (Å²) in [6.45, 7) is 9.40. The number of benzene rings is 1. The SMILES string of the molecule is CCOC(=O)C(=N[N+](C)(C(C)=O)c1c(C)cc(C)cc1C)SC. The first-order valence-corrected chi connectivity index (χ1v) is 8.67. The maximum atomic E-state index is 12.4. The van der Waals surface area contributed by atoms with E-state index in [4.69, 9.17) is 4.74 Å². The number of amides is 1. The van der Waals surface area contributed by atoms with Crippen LogP contribution in [0.15, 0.2) is 17.2 Å². The molecule has 5 nitrogen and oxygen atoms in total. The van der Waals surface area contributed by atoms with Gasteiger partial charge in [-0.1, -0.05) is 34.6 Å². The van der Waals surface area contributed by atoms with Gasteiger partial charge in [-0.15, -0.1) is 4.59 Å². The molecule has 0 N–H and O–H groups in total. The predicted molar refractivity (Wildman–Crippen MR) is 96.6 cm³/mol. The summed E-state index contributed by atoms with van der Waals surface area (Å²) >= 11 is 1.18. The van der Waals surface area contributed by atoms with E-state index >= 15 is 0 Å². The monoisotopic (exact) mass is 337 g/mol. The van der Waals surface area contributed by atoms with Crippen molar-refractivity contribution in [3.05, 3.63) is 28.8 Å². The number of hydrogen-bond donors (Lipinski definition) is 0. The summed E-state index contributed by atoms with van der Waals surface area (Å²) in [7, 11) is 1.70. The van der Waals surface area contributed by atoms with Crippen molar-refractivity contribution in [2.45, 2.75) is 34.6 Å². The van der Waals surface area contributed by atoms with Crippen molar-refractivity contribution >= 4 is 34.4 Å². The molecular formula is C17H25N2O3S+. The highest BCUT2D eigenvalue weighted by Gasteiger charge is 2.37. The fourth-order valence-electron chi connectivity index (χ4n) is 2.68. The molecular weight excluding hydrogens is 312 g/mol. The Hall–Kier alpha value is -1.66. The van der Waals surface area contributed by atoms with Gasteiger partial charge >= 0.3 is 11.9 Å². The lowest BCUT2D eigenvalue weighted by atomic mass is 10.0. The van der Waals surface area contributed by atoms with Gasteiger partial charge in [0, 0.05) is 11.1 Å². The lowest BCUT2D eigenvalue weighted by Gasteiger charge is -2.27. The number of aryl methyl sites for hydroxylation is 3. The maximum absolute atomic E-state index is 12.4. The Morgan fingerprint density at radius 3 is 2.13 bits per heavy atom. The zero-order valence-electron chi connectivity index (χ0n) is 14.9. The summed E-state index contributed by atoms with van der Waals surface area (Å²) in [5, 5.41) is 4.64. The number of rotatable bonds is 3. The minimum absolute atomic E-state index is 0.170. The first-order valence-electron chi connectivity index (χ1n) is 7.44. The molecule has 0 aliphatic heterocycles. The summed E-state index contributed by atoms with van der Waals surface area (Å²) in [4.78, 5) is 24.4. The van der Waals surface area contributed by atoms with Crippen molar-refractivity contribution in [1.82, 2.24) is 4.59 Å². The Bertz CT molecular complexity index is 632. The van der Waals surface area contributed by atoms with E-state index in [1.54, 1.807) is 20.2 Å². The molecule has 0 radical (unpaired) electrons. The van der Waals surface area contributed by atoms with E-state index in [9.17, 15) is 9.59 Å². The highest BCUT2D eigenvalue weighted by Crippen LogP contribution is 2.32. The lowest BCUT2D eigenvalue weighted by molar-refractivity contribution is -0.134. The summed E-state index contributed by atoms with van der Waals surface area (Å²) < 4.78 is 4.71. The molecule has 6 heteroatoms. The van der Waals surface area contributed by atoms with E-state index in [0.29, 0.717) is 0 Å². The molecule has 1 unspecified atom stereocenters. The van der Waals surface area contributed by atoms with Crippen LogP contribution in [0, 0.1) is 20.8 Å². The highest BCUT2D eigenvalue weighted by atomic mass is 32.2. The Morgan fingerprint density at radius 1 is 1.22 bits per heavy atom. The molecule has 1 rings (SSSR count). The maximum Gasteiger partial charge on any atom is 0.369 e. The number of carbonyl (C=O) groups excluding carboxylic acids is 2. The Kier molecular flexibility index (Phi) is 6.53. The largest absolute Gasteiger partial charge is 0.461 e. The van der Waals surface area contributed by atoms with Crippen molar-refractivity contribution < 1.29 is 14.3 Å². The predicted octanol–water partition coefficient (Wildman–Crippen LogP) is 3.34. The van der Waals surface area contributed by atoms with Crippen LogP contribution in [0.25, 0.3) is 0 Å². The number of nitrogens with zero attached hydrogens (tertiary/aromatic N) is 2. The topological polar surface area (TPSA) is 55.7 Å². The summed E-state index contributed by atoms with van der Waals surface area (Å²) in [5.41, 5.74) is 3.85. The van der Waals surface area contributed by atoms with E-state index in [-0.39, 0.29) is 22.1 Å². The summed E-state index contributed by atoms with van der Waals surface area (Å²) in [6, 6.07) is 4.03. The van der Waals surface area contributed by atoms with Gasteiger partial charge in [0.15, 0.2) is 5.69 Å². The average Bonchev–Trinajstić information content (AvgIpc) is 2.43. The molecule has 0 spiro atoms. The van der Waals surface area contributed by atoms with E-state index < -0.39 is 5.97 Å². The van der Waals surface area contributed by atoms with E-state index in [1.165, 1.54) is 18.7 Å². The third kappa shape index (κ3) is 4.20. The zero-order chi connectivity index (χ0) is 17.8. The number of ether oxygens (including phenoxy) is 1. The van der Waals surface area contributed by atoms with Gasteiger partial charge in [-0.25, -0.2) is 9.59 Å².